The molecule has 3 aromatic rings. The Morgan fingerprint density at radius 3 is 2.38 bits per heavy atom. The highest BCUT2D eigenvalue weighted by molar-refractivity contribution is 7.96. The van der Waals surface area contributed by atoms with Crippen molar-refractivity contribution < 1.29 is 18.7 Å². The molecule has 0 saturated heterocycles. The van der Waals surface area contributed by atoms with E-state index in [9.17, 15) is 13.6 Å². The van der Waals surface area contributed by atoms with Crippen molar-refractivity contribution in [1.29, 1.82) is 0 Å². The van der Waals surface area contributed by atoms with Crippen molar-refractivity contribution in [1.82, 2.24) is 9.29 Å². The van der Waals surface area contributed by atoms with Gasteiger partial charge in [0.05, 0.1) is 11.6 Å². The number of hydrogen-bond acceptors (Lipinski definition) is 2. The third-order valence-corrected chi connectivity index (χ3v) is 6.99. The van der Waals surface area contributed by atoms with E-state index in [0.717, 1.165) is 27.6 Å². The molecule has 29 heavy (non-hydrogen) atoms. The highest BCUT2D eigenvalue weighted by Gasteiger charge is 2.36. The van der Waals surface area contributed by atoms with Crippen LogP contribution in [0.15, 0.2) is 47.5 Å². The zero-order valence-electron chi connectivity index (χ0n) is 17.1. The Morgan fingerprint density at radius 1 is 1.14 bits per heavy atom. The summed E-state index contributed by atoms with van der Waals surface area (Å²) in [4.78, 5) is 11.6. The third kappa shape index (κ3) is 4.42. The molecule has 0 bridgehead atoms. The highest BCUT2D eigenvalue weighted by atomic mass is 32.3. The molecular formula is C22H27N2O4S+. The number of carboxylic acid groups (broad SMARTS) is 1. The molecule has 3 N–H and O–H groups in total. The minimum atomic E-state index is -3.42. The molecule has 0 aliphatic carbocycles. The van der Waals surface area contributed by atoms with Crippen molar-refractivity contribution in [3.05, 3.63) is 64.8 Å². The van der Waals surface area contributed by atoms with E-state index in [1.807, 2.05) is 56.7 Å². The number of nitrogens with one attached hydrogen (secondary N) is 1. The predicted molar refractivity (Wildman–Crippen MR) is 116 cm³/mol. The number of carboxylic acids is 1. The molecule has 0 spiro atoms. The van der Waals surface area contributed by atoms with Gasteiger partial charge in [0, 0.05) is 34.8 Å². The normalized spacial score (nSPS) is 14.7. The Labute approximate surface area is 171 Å². The molecule has 3 rings (SSSR count). The van der Waals surface area contributed by atoms with E-state index in [1.165, 1.54) is 0 Å². The minimum Gasteiger partial charge on any atom is -0.478 e. The maximum atomic E-state index is 13.2. The summed E-state index contributed by atoms with van der Waals surface area (Å²) in [5.41, 5.74) is 3.78. The van der Waals surface area contributed by atoms with Crippen LogP contribution in [0, 0.1) is 20.8 Å². The van der Waals surface area contributed by atoms with E-state index >= 15 is 0 Å². The van der Waals surface area contributed by atoms with E-state index in [4.69, 9.17) is 5.11 Å². The van der Waals surface area contributed by atoms with Crippen LogP contribution in [0.4, 0.5) is 0 Å². The summed E-state index contributed by atoms with van der Waals surface area (Å²) >= 11 is 0. The molecule has 2 aromatic carbocycles. The van der Waals surface area contributed by atoms with E-state index in [2.05, 4.69) is 4.72 Å². The topological polar surface area (TPSA) is 91.6 Å². The van der Waals surface area contributed by atoms with Crippen molar-refractivity contribution in [3.63, 3.8) is 0 Å². The molecule has 7 heteroatoms. The third-order valence-electron chi connectivity index (χ3n) is 5.14. The SMILES string of the molecule is CC[C@@H](Cn1ccc2cc(C(=O)O)ccc21)N[S+](=O)(O)c1c(C)cc(C)cc1C. The number of nitrogens with zero attached hydrogens (tertiary/aromatic N) is 1. The molecule has 1 heterocycles. The first kappa shape index (κ1) is 21.2. The van der Waals surface area contributed by atoms with Crippen molar-refractivity contribution in [2.24, 2.45) is 0 Å². The van der Waals surface area contributed by atoms with Gasteiger partial charge in [-0.3, -0.25) is 0 Å². The van der Waals surface area contributed by atoms with Crippen LogP contribution in [-0.4, -0.2) is 26.2 Å². The number of aromatic carboxylic acids is 1. The van der Waals surface area contributed by atoms with Crippen molar-refractivity contribution >= 4 is 27.3 Å². The second-order valence-corrected chi connectivity index (χ2v) is 9.22. The summed E-state index contributed by atoms with van der Waals surface area (Å²) in [6, 6.07) is 10.4. The van der Waals surface area contributed by atoms with Gasteiger partial charge in [0.15, 0.2) is 0 Å². The number of hydrogen-bond donors (Lipinski definition) is 3. The number of fused-ring (bicyclic) bond motifs is 1. The largest absolute Gasteiger partial charge is 0.478 e. The molecule has 0 radical (unpaired) electrons. The Bertz CT molecular complexity index is 1100. The van der Waals surface area contributed by atoms with Crippen LogP contribution >= 0.6 is 0 Å². The van der Waals surface area contributed by atoms with Gasteiger partial charge >= 0.3 is 16.4 Å². The molecule has 1 aromatic heterocycles. The second kappa shape index (κ2) is 8.10. The van der Waals surface area contributed by atoms with Gasteiger partial charge in [-0.2, -0.15) is 4.55 Å². The molecule has 1 unspecified atom stereocenters. The molecule has 0 aliphatic heterocycles. The lowest BCUT2D eigenvalue weighted by atomic mass is 10.1. The maximum Gasteiger partial charge on any atom is 0.335 e. The Hall–Kier alpha value is -2.48. The molecule has 0 amide bonds. The summed E-state index contributed by atoms with van der Waals surface area (Å²) in [5.74, 6) is -0.961. The fraction of sp³-hybridized carbons (Fsp3) is 0.318. The standard InChI is InChI=1S/C22H26N2O4S/c1-5-19(23-29(27,28)21-15(3)10-14(2)11-16(21)4)13-24-9-8-17-12-18(22(25)26)6-7-20(17)24/h6-12,19H,5,13H2,1-4H3,(H2-,23,25,26,27,28)/p+1/t19-/m0/s1. The van der Waals surface area contributed by atoms with E-state index in [0.29, 0.717) is 17.9 Å². The Morgan fingerprint density at radius 2 is 1.79 bits per heavy atom. The lowest BCUT2D eigenvalue weighted by molar-refractivity contribution is 0.0697. The summed E-state index contributed by atoms with van der Waals surface area (Å²) in [7, 11) is -3.42. The molecular weight excluding hydrogens is 388 g/mol. The van der Waals surface area contributed by atoms with E-state index in [1.54, 1.807) is 18.2 Å². The number of benzene rings is 2. The van der Waals surface area contributed by atoms with Gasteiger partial charge < -0.3 is 9.67 Å². The van der Waals surface area contributed by atoms with Gasteiger partial charge in [-0.25, -0.2) is 4.79 Å². The molecule has 2 atom stereocenters. The Balaban J connectivity index is 1.87. The monoisotopic (exact) mass is 415 g/mol. The number of aryl methyl sites for hydroxylation is 3. The van der Waals surface area contributed by atoms with E-state index in [-0.39, 0.29) is 11.6 Å². The lowest BCUT2D eigenvalue weighted by Crippen LogP contribution is -2.41. The number of carbonyl (C=O) groups is 1. The van der Waals surface area contributed by atoms with Crippen molar-refractivity contribution in [2.45, 2.75) is 51.6 Å². The van der Waals surface area contributed by atoms with Crippen LogP contribution in [-0.2, 0) is 21.2 Å². The smallest absolute Gasteiger partial charge is 0.335 e. The maximum absolute atomic E-state index is 13.2. The first-order valence-corrected chi connectivity index (χ1v) is 11.1. The number of aromatic nitrogens is 1. The van der Waals surface area contributed by atoms with Crippen LogP contribution < -0.4 is 4.72 Å². The van der Waals surface area contributed by atoms with Crippen molar-refractivity contribution in [3.8, 4) is 0 Å². The average Bonchev–Trinajstić information content (AvgIpc) is 3.01. The van der Waals surface area contributed by atoms with Crippen LogP contribution in [0.5, 0.6) is 0 Å². The number of rotatable bonds is 7. The molecule has 0 saturated carbocycles. The zero-order chi connectivity index (χ0) is 21.3. The van der Waals surface area contributed by atoms with Gasteiger partial charge in [0.2, 0.25) is 4.90 Å². The first-order valence-electron chi connectivity index (χ1n) is 9.56. The van der Waals surface area contributed by atoms with Gasteiger partial charge in [-0.1, -0.05) is 29.3 Å². The fourth-order valence-electron chi connectivity index (χ4n) is 3.87. The lowest BCUT2D eigenvalue weighted by Gasteiger charge is -2.19. The average molecular weight is 416 g/mol. The van der Waals surface area contributed by atoms with E-state index < -0.39 is 16.4 Å². The first-order chi connectivity index (χ1) is 13.6. The zero-order valence-corrected chi connectivity index (χ0v) is 17.9. The summed E-state index contributed by atoms with van der Waals surface area (Å²) in [6.07, 6.45) is 2.54. The van der Waals surface area contributed by atoms with Gasteiger partial charge in [0.1, 0.15) is 0 Å². The summed E-state index contributed by atoms with van der Waals surface area (Å²) < 4.78 is 29.0. The minimum absolute atomic E-state index is 0.234. The summed E-state index contributed by atoms with van der Waals surface area (Å²) in [5, 5.41) is 9.98. The van der Waals surface area contributed by atoms with Crippen LogP contribution in [0.2, 0.25) is 0 Å². The Kier molecular flexibility index (Phi) is 5.93. The quantitative estimate of drug-likeness (QED) is 0.493. The fourth-order valence-corrected chi connectivity index (χ4v) is 5.67. The van der Waals surface area contributed by atoms with Crippen molar-refractivity contribution in [2.75, 3.05) is 0 Å². The van der Waals surface area contributed by atoms with Gasteiger partial charge in [-0.15, -0.1) is 0 Å². The second-order valence-electron chi connectivity index (χ2n) is 7.52. The van der Waals surface area contributed by atoms with Gasteiger partial charge in [-0.05, 0) is 55.7 Å². The molecule has 0 fully saturated rings. The highest BCUT2D eigenvalue weighted by Crippen LogP contribution is 2.26. The molecule has 154 valence electrons. The van der Waals surface area contributed by atoms with Gasteiger partial charge in [0.25, 0.3) is 0 Å². The molecule has 6 nitrogen and oxygen atoms in total. The summed E-state index contributed by atoms with van der Waals surface area (Å²) in [6.45, 7) is 8.14. The predicted octanol–water partition coefficient (Wildman–Crippen LogP) is 4.58. The van der Waals surface area contributed by atoms with Crippen LogP contribution in [0.3, 0.4) is 0 Å². The van der Waals surface area contributed by atoms with Crippen LogP contribution in [0.1, 0.15) is 40.4 Å². The molecule has 0 aliphatic rings. The van der Waals surface area contributed by atoms with Crippen LogP contribution in [0.25, 0.3) is 10.9 Å².